The number of nitrogen functional groups attached to an aromatic ring is 1. The van der Waals surface area contributed by atoms with Crippen LogP contribution in [-0.4, -0.2) is 10.1 Å². The maximum atomic E-state index is 9.84. The van der Waals surface area contributed by atoms with Crippen LogP contribution in [0.5, 0.6) is 5.75 Å². The van der Waals surface area contributed by atoms with Crippen molar-refractivity contribution in [3.8, 4) is 5.75 Å². The van der Waals surface area contributed by atoms with E-state index in [0.29, 0.717) is 5.82 Å². The number of benzene rings is 2. The molecule has 0 bridgehead atoms. The second-order valence-corrected chi connectivity index (χ2v) is 4.27. The Balaban J connectivity index is 2.06. The van der Waals surface area contributed by atoms with Crippen LogP contribution in [0.1, 0.15) is 0 Å². The molecule has 0 unspecified atom stereocenters. The molecule has 4 nitrogen and oxygen atoms in total. The fourth-order valence-corrected chi connectivity index (χ4v) is 2.04. The molecule has 19 heavy (non-hydrogen) atoms. The van der Waals surface area contributed by atoms with E-state index in [-0.39, 0.29) is 5.75 Å². The van der Waals surface area contributed by atoms with Gasteiger partial charge in [-0.25, -0.2) is 4.98 Å². The predicted molar refractivity (Wildman–Crippen MR) is 77.5 cm³/mol. The zero-order valence-corrected chi connectivity index (χ0v) is 10.2. The largest absolute Gasteiger partial charge is 0.507 e. The Kier molecular flexibility index (Phi) is 2.68. The lowest BCUT2D eigenvalue weighted by molar-refractivity contribution is 0.481. The van der Waals surface area contributed by atoms with Gasteiger partial charge in [-0.2, -0.15) is 0 Å². The summed E-state index contributed by atoms with van der Waals surface area (Å²) in [5.41, 5.74) is 7.33. The summed E-state index contributed by atoms with van der Waals surface area (Å²) in [7, 11) is 0. The normalized spacial score (nSPS) is 10.5. The summed E-state index contributed by atoms with van der Waals surface area (Å²) < 4.78 is 0. The Morgan fingerprint density at radius 1 is 0.947 bits per heavy atom. The van der Waals surface area contributed by atoms with Gasteiger partial charge in [0.15, 0.2) is 0 Å². The summed E-state index contributed by atoms with van der Waals surface area (Å²) in [4.78, 5) is 4.04. The van der Waals surface area contributed by atoms with E-state index in [1.165, 1.54) is 0 Å². The molecule has 0 fully saturated rings. The van der Waals surface area contributed by atoms with Crippen LogP contribution in [0.4, 0.5) is 17.2 Å². The molecule has 4 N–H and O–H groups in total. The third-order valence-corrected chi connectivity index (χ3v) is 2.96. The standard InChI is InChI=1S/C15H13N3O/c16-15-8-7-10(9-17-15)18-13-5-1-4-12-11(13)3-2-6-14(12)19/h1-9,18-19H,(H2,16,17). The van der Waals surface area contributed by atoms with Crippen molar-refractivity contribution in [2.75, 3.05) is 11.1 Å². The van der Waals surface area contributed by atoms with Gasteiger partial charge in [0.1, 0.15) is 11.6 Å². The first-order chi connectivity index (χ1) is 9.24. The fourth-order valence-electron chi connectivity index (χ4n) is 2.04. The molecular weight excluding hydrogens is 238 g/mol. The lowest BCUT2D eigenvalue weighted by Crippen LogP contribution is -1.94. The van der Waals surface area contributed by atoms with Gasteiger partial charge >= 0.3 is 0 Å². The molecule has 1 aromatic heterocycles. The molecule has 1 heterocycles. The summed E-state index contributed by atoms with van der Waals surface area (Å²) in [6, 6.07) is 14.8. The number of nitrogens with zero attached hydrogens (tertiary/aromatic N) is 1. The number of aromatic hydroxyl groups is 1. The summed E-state index contributed by atoms with van der Waals surface area (Å²) in [6.45, 7) is 0. The molecule has 0 saturated heterocycles. The minimum atomic E-state index is 0.275. The molecule has 3 aromatic rings. The minimum Gasteiger partial charge on any atom is -0.507 e. The van der Waals surface area contributed by atoms with Gasteiger partial charge in [0.05, 0.1) is 11.9 Å². The average Bonchev–Trinajstić information content (AvgIpc) is 2.43. The van der Waals surface area contributed by atoms with E-state index < -0.39 is 0 Å². The van der Waals surface area contributed by atoms with Crippen molar-refractivity contribution in [2.24, 2.45) is 0 Å². The molecule has 4 heteroatoms. The van der Waals surface area contributed by atoms with Crippen LogP contribution >= 0.6 is 0 Å². The third-order valence-electron chi connectivity index (χ3n) is 2.96. The Labute approximate surface area is 110 Å². The first kappa shape index (κ1) is 11.3. The number of fused-ring (bicyclic) bond motifs is 1. The van der Waals surface area contributed by atoms with Crippen LogP contribution in [0.2, 0.25) is 0 Å². The second-order valence-electron chi connectivity index (χ2n) is 4.27. The van der Waals surface area contributed by atoms with Crippen LogP contribution in [0.25, 0.3) is 10.8 Å². The van der Waals surface area contributed by atoms with Crippen molar-refractivity contribution in [2.45, 2.75) is 0 Å². The van der Waals surface area contributed by atoms with E-state index >= 15 is 0 Å². The number of hydrogen-bond donors (Lipinski definition) is 3. The van der Waals surface area contributed by atoms with Crippen molar-refractivity contribution in [3.63, 3.8) is 0 Å². The highest BCUT2D eigenvalue weighted by molar-refractivity contribution is 5.98. The van der Waals surface area contributed by atoms with Crippen molar-refractivity contribution in [1.82, 2.24) is 4.98 Å². The summed E-state index contributed by atoms with van der Waals surface area (Å²) in [6.07, 6.45) is 1.68. The van der Waals surface area contributed by atoms with E-state index in [1.54, 1.807) is 18.3 Å². The molecule has 0 atom stereocenters. The molecule has 2 aromatic carbocycles. The number of nitrogens with one attached hydrogen (secondary N) is 1. The monoisotopic (exact) mass is 251 g/mol. The van der Waals surface area contributed by atoms with Gasteiger partial charge in [0.2, 0.25) is 0 Å². The highest BCUT2D eigenvalue weighted by atomic mass is 16.3. The third kappa shape index (κ3) is 2.15. The number of anilines is 3. The first-order valence-electron chi connectivity index (χ1n) is 5.93. The second kappa shape index (κ2) is 4.49. The lowest BCUT2D eigenvalue weighted by atomic mass is 10.1. The Morgan fingerprint density at radius 2 is 1.74 bits per heavy atom. The van der Waals surface area contributed by atoms with Crippen LogP contribution in [0.3, 0.4) is 0 Å². The minimum absolute atomic E-state index is 0.275. The predicted octanol–water partition coefficient (Wildman–Crippen LogP) is 3.27. The smallest absolute Gasteiger partial charge is 0.123 e. The highest BCUT2D eigenvalue weighted by Gasteiger charge is 2.04. The fraction of sp³-hybridized carbons (Fsp3) is 0. The van der Waals surface area contributed by atoms with Crippen LogP contribution in [-0.2, 0) is 0 Å². The Hall–Kier alpha value is -2.75. The molecule has 0 amide bonds. The van der Waals surface area contributed by atoms with Gasteiger partial charge in [0, 0.05) is 16.5 Å². The number of nitrogens with two attached hydrogens (primary N) is 1. The van der Waals surface area contributed by atoms with Gasteiger partial charge in [0.25, 0.3) is 0 Å². The average molecular weight is 251 g/mol. The molecule has 0 radical (unpaired) electrons. The van der Waals surface area contributed by atoms with E-state index in [2.05, 4.69) is 10.3 Å². The number of rotatable bonds is 2. The molecule has 3 rings (SSSR count). The van der Waals surface area contributed by atoms with Gasteiger partial charge in [-0.15, -0.1) is 0 Å². The first-order valence-corrected chi connectivity index (χ1v) is 5.93. The zero-order valence-electron chi connectivity index (χ0n) is 10.2. The van der Waals surface area contributed by atoms with Crippen molar-refractivity contribution >= 4 is 28.0 Å². The molecule has 94 valence electrons. The van der Waals surface area contributed by atoms with Crippen molar-refractivity contribution < 1.29 is 5.11 Å². The Bertz CT molecular complexity index is 723. The number of hydrogen-bond acceptors (Lipinski definition) is 4. The maximum Gasteiger partial charge on any atom is 0.123 e. The summed E-state index contributed by atoms with van der Waals surface area (Å²) in [5, 5.41) is 14.9. The number of phenols is 1. The molecule has 0 aliphatic rings. The lowest BCUT2D eigenvalue weighted by Gasteiger charge is -2.10. The van der Waals surface area contributed by atoms with Gasteiger partial charge in [-0.3, -0.25) is 0 Å². The van der Waals surface area contributed by atoms with Crippen LogP contribution in [0.15, 0.2) is 54.7 Å². The van der Waals surface area contributed by atoms with E-state index in [1.807, 2.05) is 36.4 Å². The summed E-state index contributed by atoms with van der Waals surface area (Å²) >= 11 is 0. The van der Waals surface area contributed by atoms with Crippen molar-refractivity contribution in [3.05, 3.63) is 54.7 Å². The zero-order chi connectivity index (χ0) is 13.2. The number of aromatic nitrogens is 1. The quantitative estimate of drug-likeness (QED) is 0.653. The Morgan fingerprint density at radius 3 is 2.53 bits per heavy atom. The molecular formula is C15H13N3O. The van der Waals surface area contributed by atoms with Crippen LogP contribution in [0, 0.1) is 0 Å². The van der Waals surface area contributed by atoms with E-state index in [4.69, 9.17) is 5.73 Å². The van der Waals surface area contributed by atoms with Gasteiger partial charge in [-0.1, -0.05) is 24.3 Å². The summed E-state index contributed by atoms with van der Waals surface area (Å²) in [5.74, 6) is 0.762. The van der Waals surface area contributed by atoms with Crippen molar-refractivity contribution in [1.29, 1.82) is 0 Å². The molecule has 0 saturated carbocycles. The van der Waals surface area contributed by atoms with Gasteiger partial charge < -0.3 is 16.2 Å². The number of pyridine rings is 1. The topological polar surface area (TPSA) is 71.2 Å². The number of phenolic OH excluding ortho intramolecular Hbond substituents is 1. The van der Waals surface area contributed by atoms with Gasteiger partial charge in [-0.05, 0) is 24.3 Å². The molecule has 0 spiro atoms. The SMILES string of the molecule is Nc1ccc(Nc2cccc3c(O)cccc23)cn1. The highest BCUT2D eigenvalue weighted by Crippen LogP contribution is 2.31. The molecule has 0 aliphatic carbocycles. The van der Waals surface area contributed by atoms with E-state index in [0.717, 1.165) is 22.1 Å². The maximum absolute atomic E-state index is 9.84. The van der Waals surface area contributed by atoms with E-state index in [9.17, 15) is 5.11 Å². The molecule has 0 aliphatic heterocycles. The van der Waals surface area contributed by atoms with Crippen LogP contribution < -0.4 is 11.1 Å².